The number of rotatable bonds is 8. The molecule has 2 nitrogen and oxygen atoms in total. The molecule has 0 amide bonds. The van der Waals surface area contributed by atoms with Gasteiger partial charge in [0.1, 0.15) is 8.07 Å². The van der Waals surface area contributed by atoms with Crippen LogP contribution in [0.25, 0.3) is 43.4 Å². The van der Waals surface area contributed by atoms with Crippen molar-refractivity contribution >= 4 is 46.4 Å². The van der Waals surface area contributed by atoms with Gasteiger partial charge in [-0.15, -0.1) is 5.54 Å². The Hall–Kier alpha value is -3.61. The van der Waals surface area contributed by atoms with Gasteiger partial charge in [0.05, 0.1) is 12.7 Å². The number of benzene rings is 5. The second kappa shape index (κ2) is 11.5. The minimum absolute atomic E-state index is 0.308. The van der Waals surface area contributed by atoms with Crippen LogP contribution >= 0.6 is 0 Å². The molecule has 0 aromatic heterocycles. The maximum atomic E-state index is 12.1. The average molecular weight is 545 g/mol. The van der Waals surface area contributed by atoms with Gasteiger partial charge >= 0.3 is 5.97 Å². The van der Waals surface area contributed by atoms with E-state index < -0.39 is 8.07 Å². The Bertz CT molecular complexity index is 1740. The van der Waals surface area contributed by atoms with Crippen molar-refractivity contribution < 1.29 is 9.53 Å². The molecular formula is C37H40O2Si. The molecule has 204 valence electrons. The zero-order chi connectivity index (χ0) is 28.4. The number of methoxy groups -OCH3 is 1. The van der Waals surface area contributed by atoms with Gasteiger partial charge in [-0.05, 0) is 105 Å². The predicted octanol–water partition coefficient (Wildman–Crippen LogP) is 9.95. The molecule has 0 unspecified atom stereocenters. The van der Waals surface area contributed by atoms with Crippen LogP contribution in [0.3, 0.4) is 0 Å². The molecule has 0 fully saturated rings. The molecule has 40 heavy (non-hydrogen) atoms. The molecule has 0 aliphatic carbocycles. The van der Waals surface area contributed by atoms with Crippen LogP contribution in [-0.2, 0) is 17.6 Å². The number of hydrogen-bond acceptors (Lipinski definition) is 2. The van der Waals surface area contributed by atoms with E-state index >= 15 is 0 Å². The van der Waals surface area contributed by atoms with E-state index in [1.807, 2.05) is 12.1 Å². The van der Waals surface area contributed by atoms with Crippen molar-refractivity contribution in [2.75, 3.05) is 7.11 Å². The maximum absolute atomic E-state index is 12.1. The minimum Gasteiger partial charge on any atom is -0.465 e. The fourth-order valence-corrected chi connectivity index (χ4v) is 6.30. The van der Waals surface area contributed by atoms with E-state index in [0.717, 1.165) is 31.2 Å². The van der Waals surface area contributed by atoms with E-state index in [1.54, 1.807) is 0 Å². The first-order valence-electron chi connectivity index (χ1n) is 14.7. The third-order valence-corrected chi connectivity index (χ3v) is 8.73. The number of carbonyl (C=O) groups is 1. The number of hydrogen-bond donors (Lipinski definition) is 0. The van der Waals surface area contributed by atoms with E-state index in [-0.39, 0.29) is 5.97 Å². The molecule has 5 aromatic carbocycles. The SMILES string of the molecule is CCCCc1cc(C#C[Si](C)(C)C)c2ccc3c(CCCC)cc(-c4ccc(C(=O)OC)cc4)c4ccc1c2c34. The number of carbonyl (C=O) groups excluding carboxylic acids is 1. The standard InChI is InChI=1S/C37H40O2Si/c1-7-9-11-27-23-29(21-22-40(4,5)6)32-18-17-31-28(12-10-8-2)24-34(33-20-19-30(27)35(32)36(31)33)25-13-15-26(16-14-25)37(38)39-3/h13-20,23-24H,7-12H2,1-6H3. The van der Waals surface area contributed by atoms with E-state index in [1.165, 1.54) is 74.5 Å². The summed E-state index contributed by atoms with van der Waals surface area (Å²) in [4.78, 5) is 12.1. The summed E-state index contributed by atoms with van der Waals surface area (Å²) in [5.41, 5.74) is 10.5. The number of ether oxygens (including phenoxy) is 1. The van der Waals surface area contributed by atoms with Crippen LogP contribution in [0.2, 0.25) is 19.6 Å². The Balaban J connectivity index is 1.86. The summed E-state index contributed by atoms with van der Waals surface area (Å²) in [6.07, 6.45) is 6.76. The van der Waals surface area contributed by atoms with E-state index in [0.29, 0.717) is 5.56 Å². The van der Waals surface area contributed by atoms with Crippen LogP contribution in [0.15, 0.2) is 60.7 Å². The quantitative estimate of drug-likeness (QED) is 0.0841. The Labute approximate surface area is 240 Å². The highest BCUT2D eigenvalue weighted by Gasteiger charge is 2.19. The highest BCUT2D eigenvalue weighted by molar-refractivity contribution is 6.83. The van der Waals surface area contributed by atoms with Crippen molar-refractivity contribution in [2.24, 2.45) is 0 Å². The molecule has 0 spiro atoms. The Morgan fingerprint density at radius 1 is 0.750 bits per heavy atom. The lowest BCUT2D eigenvalue weighted by Gasteiger charge is -2.20. The summed E-state index contributed by atoms with van der Waals surface area (Å²) >= 11 is 0. The molecule has 3 heteroatoms. The van der Waals surface area contributed by atoms with Gasteiger partial charge in [0.15, 0.2) is 0 Å². The minimum atomic E-state index is -1.53. The topological polar surface area (TPSA) is 26.3 Å². The summed E-state index contributed by atoms with van der Waals surface area (Å²) in [5, 5.41) is 7.95. The Morgan fingerprint density at radius 2 is 1.30 bits per heavy atom. The van der Waals surface area contributed by atoms with Crippen LogP contribution in [-0.4, -0.2) is 21.2 Å². The first-order valence-corrected chi connectivity index (χ1v) is 18.2. The van der Waals surface area contributed by atoms with Gasteiger partial charge in [0, 0.05) is 5.56 Å². The fourth-order valence-electron chi connectivity index (χ4n) is 5.79. The Morgan fingerprint density at radius 3 is 1.88 bits per heavy atom. The molecule has 0 aliphatic rings. The van der Waals surface area contributed by atoms with Gasteiger partial charge in [0.25, 0.3) is 0 Å². The highest BCUT2D eigenvalue weighted by Crippen LogP contribution is 2.43. The molecular weight excluding hydrogens is 504 g/mol. The predicted molar refractivity (Wildman–Crippen MR) is 174 cm³/mol. The van der Waals surface area contributed by atoms with Gasteiger partial charge in [-0.3, -0.25) is 0 Å². The van der Waals surface area contributed by atoms with Gasteiger partial charge in [-0.25, -0.2) is 4.79 Å². The highest BCUT2D eigenvalue weighted by atomic mass is 28.3. The van der Waals surface area contributed by atoms with E-state index in [4.69, 9.17) is 4.74 Å². The molecule has 0 N–H and O–H groups in total. The molecule has 0 saturated carbocycles. The summed E-state index contributed by atoms with van der Waals surface area (Å²) in [5.74, 6) is 3.33. The summed E-state index contributed by atoms with van der Waals surface area (Å²) < 4.78 is 4.94. The third-order valence-electron chi connectivity index (χ3n) is 7.86. The first kappa shape index (κ1) is 27.9. The van der Waals surface area contributed by atoms with E-state index in [9.17, 15) is 4.79 Å². The lowest BCUT2D eigenvalue weighted by molar-refractivity contribution is 0.0600. The monoisotopic (exact) mass is 544 g/mol. The van der Waals surface area contributed by atoms with Crippen LogP contribution < -0.4 is 0 Å². The number of esters is 1. The normalized spacial score (nSPS) is 11.8. The van der Waals surface area contributed by atoms with Gasteiger partial charge in [0.2, 0.25) is 0 Å². The molecule has 0 aliphatic heterocycles. The van der Waals surface area contributed by atoms with Crippen LogP contribution in [0.1, 0.15) is 66.6 Å². The Kier molecular flexibility index (Phi) is 8.01. The number of unbranched alkanes of at least 4 members (excludes halogenated alkanes) is 2. The summed E-state index contributed by atoms with van der Waals surface area (Å²) in [6.45, 7) is 11.5. The van der Waals surface area contributed by atoms with Crippen LogP contribution in [0.4, 0.5) is 0 Å². The molecule has 0 saturated heterocycles. The van der Waals surface area contributed by atoms with Crippen molar-refractivity contribution in [2.45, 2.75) is 72.0 Å². The van der Waals surface area contributed by atoms with Gasteiger partial charge in [-0.1, -0.05) is 88.6 Å². The zero-order valence-corrected chi connectivity index (χ0v) is 25.8. The maximum Gasteiger partial charge on any atom is 0.337 e. The number of aryl methyl sites for hydroxylation is 2. The second-order valence-corrected chi connectivity index (χ2v) is 16.8. The second-order valence-electron chi connectivity index (χ2n) is 12.0. The lowest BCUT2D eigenvalue weighted by atomic mass is 9.83. The zero-order valence-electron chi connectivity index (χ0n) is 24.8. The molecule has 0 atom stereocenters. The van der Waals surface area contributed by atoms with Crippen LogP contribution in [0, 0.1) is 11.5 Å². The largest absolute Gasteiger partial charge is 0.465 e. The van der Waals surface area contributed by atoms with Crippen LogP contribution in [0.5, 0.6) is 0 Å². The van der Waals surface area contributed by atoms with Crippen molar-refractivity contribution in [3.05, 3.63) is 82.9 Å². The first-order chi connectivity index (χ1) is 19.3. The fraction of sp³-hybridized carbons (Fsp3) is 0.324. The smallest absolute Gasteiger partial charge is 0.337 e. The average Bonchev–Trinajstić information content (AvgIpc) is 2.96. The third kappa shape index (κ3) is 5.38. The van der Waals surface area contributed by atoms with Gasteiger partial charge in [-0.2, -0.15) is 0 Å². The molecule has 5 rings (SSSR count). The van der Waals surface area contributed by atoms with Crippen molar-refractivity contribution in [1.82, 2.24) is 0 Å². The van der Waals surface area contributed by atoms with Crippen molar-refractivity contribution in [3.63, 3.8) is 0 Å². The molecule has 0 radical (unpaired) electrons. The summed E-state index contributed by atoms with van der Waals surface area (Å²) in [7, 11) is -0.110. The van der Waals surface area contributed by atoms with Crippen molar-refractivity contribution in [1.29, 1.82) is 0 Å². The molecule has 0 bridgehead atoms. The summed E-state index contributed by atoms with van der Waals surface area (Å²) in [6, 6.07) is 21.9. The lowest BCUT2D eigenvalue weighted by Crippen LogP contribution is -2.16. The van der Waals surface area contributed by atoms with Gasteiger partial charge < -0.3 is 4.74 Å². The molecule has 0 heterocycles. The van der Waals surface area contributed by atoms with Crippen molar-refractivity contribution in [3.8, 4) is 22.6 Å². The molecule has 5 aromatic rings. The van der Waals surface area contributed by atoms with E-state index in [2.05, 4.69) is 93.5 Å².